The number of para-hydroxylation sites is 1. The molecule has 1 aliphatic heterocycles. The van der Waals surface area contributed by atoms with Crippen LogP contribution in [0.25, 0.3) is 0 Å². The van der Waals surface area contributed by atoms with Crippen LogP contribution < -0.4 is 15.5 Å². The number of halogens is 1. The first kappa shape index (κ1) is 19.0. The Labute approximate surface area is 171 Å². The Morgan fingerprint density at radius 2 is 1.31 bits per heavy atom. The van der Waals surface area contributed by atoms with Gasteiger partial charge < -0.3 is 15.5 Å². The van der Waals surface area contributed by atoms with Gasteiger partial charge in [0.1, 0.15) is 11.7 Å². The topological polar surface area (TPSA) is 44.9 Å². The summed E-state index contributed by atoms with van der Waals surface area (Å²) in [5, 5.41) is 0. The maximum absolute atomic E-state index is 13.0. The summed E-state index contributed by atoms with van der Waals surface area (Å²) < 4.78 is 13.0. The average molecular weight is 388 g/mol. The van der Waals surface area contributed by atoms with Crippen LogP contribution in [0, 0.1) is 5.82 Å². The van der Waals surface area contributed by atoms with E-state index >= 15 is 0 Å². The summed E-state index contributed by atoms with van der Waals surface area (Å²) >= 11 is 0. The van der Waals surface area contributed by atoms with Crippen molar-refractivity contribution in [2.45, 2.75) is 6.54 Å². The molecule has 5 heteroatoms. The van der Waals surface area contributed by atoms with Crippen molar-refractivity contribution in [3.8, 4) is 0 Å². The second-order valence-electron chi connectivity index (χ2n) is 7.18. The molecule has 0 radical (unpaired) electrons. The number of aliphatic imine (C=N–C) groups is 1. The zero-order valence-electron chi connectivity index (χ0n) is 16.3. The van der Waals surface area contributed by atoms with Crippen LogP contribution in [0.5, 0.6) is 0 Å². The van der Waals surface area contributed by atoms with Gasteiger partial charge in [-0.3, -0.25) is 4.99 Å². The van der Waals surface area contributed by atoms with Gasteiger partial charge in [0.2, 0.25) is 0 Å². The van der Waals surface area contributed by atoms with Gasteiger partial charge in [0.05, 0.1) is 6.54 Å². The maximum atomic E-state index is 13.0. The van der Waals surface area contributed by atoms with Crippen molar-refractivity contribution in [1.29, 1.82) is 0 Å². The summed E-state index contributed by atoms with van der Waals surface area (Å²) in [4.78, 5) is 9.25. The molecule has 1 heterocycles. The Morgan fingerprint density at radius 3 is 1.90 bits per heavy atom. The number of amidine groups is 1. The lowest BCUT2D eigenvalue weighted by atomic mass is 10.1. The van der Waals surface area contributed by atoms with Crippen LogP contribution in [0.1, 0.15) is 11.1 Å². The van der Waals surface area contributed by atoms with Gasteiger partial charge in [-0.1, -0.05) is 30.3 Å². The summed E-state index contributed by atoms with van der Waals surface area (Å²) in [6, 6.07) is 25.1. The minimum Gasteiger partial charge on any atom is -0.383 e. The number of hydrogen-bond donors (Lipinski definition) is 1. The molecule has 0 amide bonds. The quantitative estimate of drug-likeness (QED) is 0.530. The minimum atomic E-state index is -0.245. The van der Waals surface area contributed by atoms with E-state index in [4.69, 9.17) is 5.73 Å². The molecule has 4 rings (SSSR count). The van der Waals surface area contributed by atoms with Gasteiger partial charge in [0, 0.05) is 43.1 Å². The van der Waals surface area contributed by atoms with Gasteiger partial charge in [0.15, 0.2) is 0 Å². The molecule has 3 aromatic carbocycles. The number of nitrogens with two attached hydrogens (primary N) is 1. The van der Waals surface area contributed by atoms with Crippen LogP contribution in [-0.4, -0.2) is 32.0 Å². The first-order valence-electron chi connectivity index (χ1n) is 9.89. The van der Waals surface area contributed by atoms with E-state index in [-0.39, 0.29) is 5.82 Å². The molecule has 0 aliphatic carbocycles. The molecular weight excluding hydrogens is 363 g/mol. The average Bonchev–Trinajstić information content (AvgIpc) is 2.79. The molecule has 1 aliphatic rings. The fourth-order valence-corrected chi connectivity index (χ4v) is 3.56. The summed E-state index contributed by atoms with van der Waals surface area (Å²) in [5.41, 5.74) is 10.5. The van der Waals surface area contributed by atoms with Crippen molar-refractivity contribution < 1.29 is 4.39 Å². The lowest BCUT2D eigenvalue weighted by Crippen LogP contribution is -2.46. The van der Waals surface area contributed by atoms with E-state index in [1.54, 1.807) is 12.1 Å². The highest BCUT2D eigenvalue weighted by molar-refractivity contribution is 5.97. The van der Waals surface area contributed by atoms with Crippen LogP contribution >= 0.6 is 0 Å². The molecular formula is C24H25FN4. The minimum absolute atomic E-state index is 0.245. The number of nitrogens with zero attached hydrogens (tertiary/aromatic N) is 3. The number of piperazine rings is 1. The molecule has 0 atom stereocenters. The van der Waals surface area contributed by atoms with E-state index in [2.05, 4.69) is 57.3 Å². The highest BCUT2D eigenvalue weighted by Gasteiger charge is 2.17. The maximum Gasteiger partial charge on any atom is 0.125 e. The van der Waals surface area contributed by atoms with Gasteiger partial charge >= 0.3 is 0 Å². The second-order valence-corrected chi connectivity index (χ2v) is 7.18. The molecule has 0 bridgehead atoms. The largest absolute Gasteiger partial charge is 0.383 e. The molecule has 29 heavy (non-hydrogen) atoms. The highest BCUT2D eigenvalue weighted by atomic mass is 19.1. The van der Waals surface area contributed by atoms with Crippen molar-refractivity contribution in [3.63, 3.8) is 0 Å². The van der Waals surface area contributed by atoms with Crippen molar-refractivity contribution >= 4 is 17.2 Å². The molecule has 0 unspecified atom stereocenters. The molecule has 0 spiro atoms. The summed E-state index contributed by atoms with van der Waals surface area (Å²) in [7, 11) is 0. The fraction of sp³-hybridized carbons (Fsp3) is 0.208. The predicted octanol–water partition coefficient (Wildman–Crippen LogP) is 4.06. The summed E-state index contributed by atoms with van der Waals surface area (Å²) in [5.74, 6) is 0.251. The normalized spacial score (nSPS) is 14.9. The van der Waals surface area contributed by atoms with Gasteiger partial charge in [-0.25, -0.2) is 4.39 Å². The van der Waals surface area contributed by atoms with Crippen molar-refractivity contribution in [2.75, 3.05) is 36.0 Å². The van der Waals surface area contributed by atoms with Gasteiger partial charge in [-0.15, -0.1) is 0 Å². The third kappa shape index (κ3) is 4.74. The lowest BCUT2D eigenvalue weighted by molar-refractivity contribution is 0.627. The van der Waals surface area contributed by atoms with E-state index in [0.29, 0.717) is 12.4 Å². The zero-order valence-corrected chi connectivity index (χ0v) is 16.3. The number of hydrogen-bond acceptors (Lipinski definition) is 3. The Kier molecular flexibility index (Phi) is 5.75. The van der Waals surface area contributed by atoms with E-state index in [0.717, 1.165) is 37.3 Å². The smallest absolute Gasteiger partial charge is 0.125 e. The monoisotopic (exact) mass is 388 g/mol. The SMILES string of the molecule is NC(=NCc1ccc(F)cc1)c1ccc(N2CCN(c3ccccc3)CC2)cc1. The summed E-state index contributed by atoms with van der Waals surface area (Å²) in [6.45, 7) is 4.43. The third-order valence-electron chi connectivity index (χ3n) is 5.27. The molecule has 0 aromatic heterocycles. The number of benzene rings is 3. The molecule has 1 fully saturated rings. The van der Waals surface area contributed by atoms with Crippen LogP contribution in [0.15, 0.2) is 83.9 Å². The molecule has 148 valence electrons. The lowest BCUT2D eigenvalue weighted by Gasteiger charge is -2.37. The Hall–Kier alpha value is -3.34. The van der Waals surface area contributed by atoms with E-state index in [1.807, 2.05) is 12.1 Å². The van der Waals surface area contributed by atoms with Gasteiger partial charge in [-0.2, -0.15) is 0 Å². The van der Waals surface area contributed by atoms with Crippen molar-refractivity contribution in [2.24, 2.45) is 10.7 Å². The van der Waals surface area contributed by atoms with Crippen LogP contribution in [0.2, 0.25) is 0 Å². The first-order chi connectivity index (χ1) is 14.2. The molecule has 4 nitrogen and oxygen atoms in total. The number of rotatable bonds is 5. The van der Waals surface area contributed by atoms with Gasteiger partial charge in [0.25, 0.3) is 0 Å². The Morgan fingerprint density at radius 1 is 0.759 bits per heavy atom. The number of anilines is 2. The summed E-state index contributed by atoms with van der Waals surface area (Å²) in [6.07, 6.45) is 0. The van der Waals surface area contributed by atoms with Crippen LogP contribution in [-0.2, 0) is 6.54 Å². The first-order valence-corrected chi connectivity index (χ1v) is 9.89. The predicted molar refractivity (Wildman–Crippen MR) is 118 cm³/mol. The van der Waals surface area contributed by atoms with E-state index in [1.165, 1.54) is 23.5 Å². The fourth-order valence-electron chi connectivity index (χ4n) is 3.56. The van der Waals surface area contributed by atoms with Gasteiger partial charge in [-0.05, 0) is 54.1 Å². The standard InChI is InChI=1S/C24H25FN4/c25-21-10-6-19(7-11-21)18-27-24(26)20-8-12-23(13-9-20)29-16-14-28(15-17-29)22-4-2-1-3-5-22/h1-13H,14-18H2,(H2,26,27). The van der Waals surface area contributed by atoms with Crippen LogP contribution in [0.3, 0.4) is 0 Å². The second kappa shape index (κ2) is 8.78. The Bertz CT molecular complexity index is 944. The van der Waals surface area contributed by atoms with Crippen LogP contribution in [0.4, 0.5) is 15.8 Å². The molecule has 2 N–H and O–H groups in total. The van der Waals surface area contributed by atoms with E-state index in [9.17, 15) is 4.39 Å². The molecule has 0 saturated carbocycles. The molecule has 3 aromatic rings. The van der Waals surface area contributed by atoms with Crippen molar-refractivity contribution in [1.82, 2.24) is 0 Å². The van der Waals surface area contributed by atoms with Crippen molar-refractivity contribution in [3.05, 3.63) is 95.8 Å². The molecule has 1 saturated heterocycles. The highest BCUT2D eigenvalue weighted by Crippen LogP contribution is 2.21. The zero-order chi connectivity index (χ0) is 20.1. The Balaban J connectivity index is 1.35. The third-order valence-corrected chi connectivity index (χ3v) is 5.27. The van der Waals surface area contributed by atoms with E-state index < -0.39 is 0 Å².